The number of aliphatic hydroxyl groups is 3. The molecule has 4 saturated carbocycles. The van der Waals surface area contributed by atoms with Crippen LogP contribution in [0.15, 0.2) is 0 Å². The lowest BCUT2D eigenvalue weighted by Gasteiger charge is -2.65. The van der Waals surface area contributed by atoms with Crippen molar-refractivity contribution < 1.29 is 28.3 Å². The fourth-order valence-electron chi connectivity index (χ4n) is 9.67. The summed E-state index contributed by atoms with van der Waals surface area (Å²) in [4.78, 5) is 0. The minimum absolute atomic E-state index is 0.0400. The maximum Gasteiger partial charge on any atom is 0.0945 e. The third-order valence-corrected chi connectivity index (χ3v) is 12.1. The van der Waals surface area contributed by atoms with E-state index < -0.39 is 22.3 Å². The molecule has 0 aliphatic heterocycles. The van der Waals surface area contributed by atoms with Crippen molar-refractivity contribution in [3.63, 3.8) is 0 Å². The zero-order valence-corrected chi connectivity index (χ0v) is 21.6. The molecule has 4 aliphatic rings. The molecule has 0 aromatic rings. The second kappa shape index (κ2) is 9.02. The quantitative estimate of drug-likeness (QED) is 0.495. The zero-order chi connectivity index (χ0) is 24.3. The number of rotatable bonds is 6. The van der Waals surface area contributed by atoms with Crippen molar-refractivity contribution in [3.8, 4) is 0 Å². The molecule has 0 radical (unpaired) electrons. The zero-order valence-electron chi connectivity index (χ0n) is 20.8. The second-order valence-electron chi connectivity index (χ2n) is 12.6. The van der Waals surface area contributed by atoms with E-state index in [0.717, 1.165) is 38.5 Å². The average Bonchev–Trinajstić information content (AvgIpc) is 3.08. The van der Waals surface area contributed by atoms with Crippen molar-refractivity contribution in [3.05, 3.63) is 0 Å². The molecule has 3 N–H and O–H groups in total. The molecule has 33 heavy (non-hydrogen) atoms. The fourth-order valence-corrected chi connectivity index (χ4v) is 10.2. The Morgan fingerprint density at radius 3 is 2.36 bits per heavy atom. The third kappa shape index (κ3) is 4.22. The van der Waals surface area contributed by atoms with E-state index in [1.54, 1.807) is 0 Å². The molecule has 6 nitrogen and oxygen atoms in total. The maximum atomic E-state index is 11.7. The van der Waals surface area contributed by atoms with Crippen LogP contribution in [0.4, 0.5) is 0 Å². The summed E-state index contributed by atoms with van der Waals surface area (Å²) in [5.74, 6) is 1.33. The van der Waals surface area contributed by atoms with E-state index in [9.17, 15) is 28.3 Å². The van der Waals surface area contributed by atoms with Gasteiger partial charge in [0.25, 0.3) is 0 Å². The third-order valence-electron chi connectivity index (χ3n) is 11.3. The lowest BCUT2D eigenvalue weighted by atomic mass is 9.41. The van der Waals surface area contributed by atoms with E-state index in [0.29, 0.717) is 25.2 Å². The van der Waals surface area contributed by atoms with Crippen LogP contribution >= 0.6 is 0 Å². The minimum Gasteiger partial charge on any atom is -0.748 e. The molecule has 4 fully saturated rings. The van der Waals surface area contributed by atoms with E-state index in [1.165, 1.54) is 0 Å². The summed E-state index contributed by atoms with van der Waals surface area (Å²) in [6, 6.07) is 0. The first-order chi connectivity index (χ1) is 15.3. The van der Waals surface area contributed by atoms with Crippen molar-refractivity contribution in [2.24, 2.45) is 52.3 Å². The number of hydrogen-bond acceptors (Lipinski definition) is 6. The summed E-state index contributed by atoms with van der Waals surface area (Å²) in [6.07, 6.45) is 6.02. The molecule has 0 amide bonds. The van der Waals surface area contributed by atoms with Crippen LogP contribution in [0.1, 0.15) is 85.5 Å². The maximum absolute atomic E-state index is 11.7. The Balaban J connectivity index is 1.61. The van der Waals surface area contributed by atoms with Crippen molar-refractivity contribution in [1.29, 1.82) is 0 Å². The summed E-state index contributed by atoms with van der Waals surface area (Å²) < 4.78 is 33.2. The Labute approximate surface area is 200 Å². The van der Waals surface area contributed by atoms with Crippen LogP contribution in [-0.2, 0) is 10.1 Å². The predicted octanol–water partition coefficient (Wildman–Crippen LogP) is 3.55. The highest BCUT2D eigenvalue weighted by Gasteiger charge is 2.67. The highest BCUT2D eigenvalue weighted by Crippen LogP contribution is 2.69. The van der Waals surface area contributed by atoms with Gasteiger partial charge in [-0.3, -0.25) is 0 Å². The topological polar surface area (TPSA) is 118 Å². The van der Waals surface area contributed by atoms with Crippen LogP contribution in [0.3, 0.4) is 0 Å². The normalized spacial score (nSPS) is 50.8. The summed E-state index contributed by atoms with van der Waals surface area (Å²) in [5.41, 5.74) is -0.258. The Hall–Kier alpha value is -0.210. The van der Waals surface area contributed by atoms with Gasteiger partial charge < -0.3 is 19.9 Å². The lowest BCUT2D eigenvalue weighted by Crippen LogP contribution is -2.65. The van der Waals surface area contributed by atoms with Crippen LogP contribution in [-0.4, -0.2) is 52.4 Å². The Morgan fingerprint density at radius 2 is 1.73 bits per heavy atom. The Kier molecular flexibility index (Phi) is 7.07. The van der Waals surface area contributed by atoms with Crippen LogP contribution in [0.25, 0.3) is 0 Å². The molecule has 4 aliphatic carbocycles. The van der Waals surface area contributed by atoms with Crippen molar-refractivity contribution in [1.82, 2.24) is 0 Å². The van der Waals surface area contributed by atoms with Gasteiger partial charge in [-0.15, -0.1) is 0 Å². The van der Waals surface area contributed by atoms with Crippen molar-refractivity contribution in [2.75, 3.05) is 5.75 Å². The molecule has 192 valence electrons. The van der Waals surface area contributed by atoms with Gasteiger partial charge in [0.1, 0.15) is 0 Å². The molecule has 0 bridgehead atoms. The van der Waals surface area contributed by atoms with Crippen LogP contribution in [0.5, 0.6) is 0 Å². The van der Waals surface area contributed by atoms with E-state index in [-0.39, 0.29) is 58.2 Å². The second-order valence-corrected chi connectivity index (χ2v) is 14.1. The van der Waals surface area contributed by atoms with Gasteiger partial charge in [-0.2, -0.15) is 0 Å². The first-order valence-electron chi connectivity index (χ1n) is 13.3. The summed E-state index contributed by atoms with van der Waals surface area (Å²) in [6.45, 7) is 8.88. The van der Waals surface area contributed by atoms with E-state index >= 15 is 0 Å². The molecule has 4 rings (SSSR count). The van der Waals surface area contributed by atoms with E-state index in [2.05, 4.69) is 27.7 Å². The highest BCUT2D eigenvalue weighted by molar-refractivity contribution is 7.85. The molecule has 12 atom stereocenters. The molecule has 0 spiro atoms. The molecular weight excluding hydrogens is 440 g/mol. The summed E-state index contributed by atoms with van der Waals surface area (Å²) in [7, 11) is -4.20. The minimum atomic E-state index is -4.20. The van der Waals surface area contributed by atoms with Crippen molar-refractivity contribution in [2.45, 2.75) is 104 Å². The monoisotopic (exact) mass is 485 g/mol. The van der Waals surface area contributed by atoms with Gasteiger partial charge in [0.2, 0.25) is 0 Å². The van der Waals surface area contributed by atoms with Crippen LogP contribution < -0.4 is 0 Å². The van der Waals surface area contributed by atoms with Gasteiger partial charge in [0, 0.05) is 5.75 Å². The predicted molar refractivity (Wildman–Crippen MR) is 126 cm³/mol. The first-order valence-corrected chi connectivity index (χ1v) is 14.9. The lowest BCUT2D eigenvalue weighted by molar-refractivity contribution is -0.228. The smallest absolute Gasteiger partial charge is 0.0945 e. The molecule has 0 heterocycles. The Morgan fingerprint density at radius 1 is 1.03 bits per heavy atom. The summed E-state index contributed by atoms with van der Waals surface area (Å²) >= 11 is 0. The average molecular weight is 486 g/mol. The van der Waals surface area contributed by atoms with Crippen LogP contribution in [0.2, 0.25) is 0 Å². The number of aliphatic hydroxyl groups excluding tert-OH is 3. The largest absolute Gasteiger partial charge is 0.748 e. The van der Waals surface area contributed by atoms with Gasteiger partial charge in [0.05, 0.1) is 28.4 Å². The standard InChI is InChI=1S/C26H46O6S/c1-5-17-20-13-16(27)10-11-25(20,3)21-14-22(28)26(4)18(8-9-19(26)23(21)24(17)29)15(2)7-6-12-33(30,31)32/h15-24,27-29H,5-14H2,1-4H3,(H,30,31,32)/p-1/t15-,16-,17-,18-,19?,20+,21?,22+,23?,24-,25+,26-/m1/s1. The summed E-state index contributed by atoms with van der Waals surface area (Å²) in [5, 5.41) is 33.8. The highest BCUT2D eigenvalue weighted by atomic mass is 32.2. The van der Waals surface area contributed by atoms with Gasteiger partial charge in [-0.05, 0) is 104 Å². The van der Waals surface area contributed by atoms with Crippen molar-refractivity contribution >= 4 is 10.1 Å². The first kappa shape index (κ1) is 25.9. The molecular formula is C26H45O6S-. The number of fused-ring (bicyclic) bond motifs is 5. The molecule has 0 saturated heterocycles. The van der Waals surface area contributed by atoms with Gasteiger partial charge in [-0.1, -0.05) is 34.1 Å². The Bertz CT molecular complexity index is 816. The molecule has 0 aromatic heterocycles. The SMILES string of the molecule is CC[C@H]1[C@@H](O)C2C3CC[C@H]([C@H](C)CCCS(=O)(=O)[O-])[C@@]3(C)[C@@H](O)CC2[C@@]2(C)CC[C@@H](O)C[C@@H]12. The molecule has 0 aromatic carbocycles. The fraction of sp³-hybridized carbons (Fsp3) is 1.00. The van der Waals surface area contributed by atoms with Gasteiger partial charge in [-0.25, -0.2) is 8.42 Å². The van der Waals surface area contributed by atoms with Gasteiger partial charge >= 0.3 is 0 Å². The van der Waals surface area contributed by atoms with E-state index in [1.807, 2.05) is 0 Å². The molecule has 3 unspecified atom stereocenters. The molecule has 7 heteroatoms. The van der Waals surface area contributed by atoms with Gasteiger partial charge in [0.15, 0.2) is 0 Å². The van der Waals surface area contributed by atoms with Crippen LogP contribution in [0, 0.1) is 52.3 Å². The number of hydrogen-bond donors (Lipinski definition) is 3. The van der Waals surface area contributed by atoms with E-state index in [4.69, 9.17) is 0 Å².